The molecule has 1 N–H and O–H groups in total. The van der Waals surface area contributed by atoms with Crippen molar-refractivity contribution in [1.82, 2.24) is 20.0 Å². The van der Waals surface area contributed by atoms with Crippen LogP contribution in [-0.4, -0.2) is 78.9 Å². The highest BCUT2D eigenvalue weighted by atomic mass is 16.2. The Kier molecular flexibility index (Phi) is 3.06. The van der Waals surface area contributed by atoms with Crippen molar-refractivity contribution in [2.45, 2.75) is 18.9 Å². The third-order valence-corrected chi connectivity index (χ3v) is 4.68. The first kappa shape index (κ1) is 13.5. The highest BCUT2D eigenvalue weighted by Gasteiger charge is 2.62. The first-order valence-electron chi connectivity index (χ1n) is 7.00. The second-order valence-corrected chi connectivity index (χ2v) is 6.15. The van der Waals surface area contributed by atoms with Gasteiger partial charge in [-0.25, -0.2) is 4.79 Å². The van der Waals surface area contributed by atoms with E-state index in [1.54, 1.807) is 0 Å². The molecule has 2 heterocycles. The fourth-order valence-corrected chi connectivity index (χ4v) is 2.97. The molecule has 0 aromatic heterocycles. The monoisotopic (exact) mass is 280 g/mol. The largest absolute Gasteiger partial charge is 0.330 e. The summed E-state index contributed by atoms with van der Waals surface area (Å²) in [6.07, 6.45) is 1.11. The lowest BCUT2D eigenvalue weighted by Gasteiger charge is -2.41. The number of likely N-dealkylation sites (N-methyl/N-ethyl adjacent to an activating group) is 2. The van der Waals surface area contributed by atoms with Gasteiger partial charge in [-0.3, -0.25) is 24.7 Å². The summed E-state index contributed by atoms with van der Waals surface area (Å²) in [5.41, 5.74) is -0.937. The number of amides is 4. The third-order valence-electron chi connectivity index (χ3n) is 4.68. The minimum absolute atomic E-state index is 0.118. The van der Waals surface area contributed by atoms with E-state index in [0.717, 1.165) is 19.6 Å². The molecule has 2 saturated heterocycles. The Morgan fingerprint density at radius 3 is 2.55 bits per heavy atom. The van der Waals surface area contributed by atoms with E-state index in [2.05, 4.69) is 15.1 Å². The number of rotatable bonds is 2. The number of hydrogen-bond donors (Lipinski definition) is 1. The number of piperazine rings is 1. The van der Waals surface area contributed by atoms with E-state index in [-0.39, 0.29) is 11.9 Å². The molecule has 3 rings (SSSR count). The summed E-state index contributed by atoms with van der Waals surface area (Å²) in [7, 11) is 4.03. The van der Waals surface area contributed by atoms with E-state index in [9.17, 15) is 14.4 Å². The Balaban J connectivity index is 1.74. The normalized spacial score (nSPS) is 30.8. The van der Waals surface area contributed by atoms with E-state index in [4.69, 9.17) is 0 Å². The number of nitrogens with zero attached hydrogens (tertiary/aromatic N) is 3. The van der Waals surface area contributed by atoms with Crippen molar-refractivity contribution in [2.75, 3.05) is 40.3 Å². The van der Waals surface area contributed by atoms with Gasteiger partial charge >= 0.3 is 6.03 Å². The van der Waals surface area contributed by atoms with Crippen LogP contribution in [0.3, 0.4) is 0 Å². The summed E-state index contributed by atoms with van der Waals surface area (Å²) in [6.45, 7) is 3.06. The van der Waals surface area contributed by atoms with Crippen molar-refractivity contribution in [1.29, 1.82) is 0 Å². The maximum absolute atomic E-state index is 12.4. The topological polar surface area (TPSA) is 73.0 Å². The molecule has 3 aliphatic rings. The molecular formula is C13H20N4O3. The zero-order chi connectivity index (χ0) is 14.5. The molecule has 1 atom stereocenters. The highest BCUT2D eigenvalue weighted by Crippen LogP contribution is 2.49. The van der Waals surface area contributed by atoms with Crippen LogP contribution in [0.1, 0.15) is 12.8 Å². The molecule has 1 aliphatic carbocycles. The van der Waals surface area contributed by atoms with Gasteiger partial charge in [-0.15, -0.1) is 0 Å². The van der Waals surface area contributed by atoms with Gasteiger partial charge in [0.25, 0.3) is 0 Å². The molecule has 3 fully saturated rings. The van der Waals surface area contributed by atoms with E-state index in [0.29, 0.717) is 19.4 Å². The number of urea groups is 1. The molecule has 4 amide bonds. The number of barbiturate groups is 1. The van der Waals surface area contributed by atoms with Crippen LogP contribution >= 0.6 is 0 Å². The molecule has 7 nitrogen and oxygen atoms in total. The molecular weight excluding hydrogens is 260 g/mol. The number of imide groups is 2. The fourth-order valence-electron chi connectivity index (χ4n) is 2.97. The first-order valence-corrected chi connectivity index (χ1v) is 7.00. The van der Waals surface area contributed by atoms with Crippen molar-refractivity contribution in [3.63, 3.8) is 0 Å². The van der Waals surface area contributed by atoms with Crippen LogP contribution in [0.15, 0.2) is 0 Å². The Morgan fingerprint density at radius 2 is 1.90 bits per heavy atom. The van der Waals surface area contributed by atoms with Crippen molar-refractivity contribution in [3.05, 3.63) is 0 Å². The summed E-state index contributed by atoms with van der Waals surface area (Å²) < 4.78 is 0. The second-order valence-electron chi connectivity index (χ2n) is 6.15. The maximum Gasteiger partial charge on any atom is 0.330 e. The Hall–Kier alpha value is -1.47. The van der Waals surface area contributed by atoms with Gasteiger partial charge in [0.05, 0.1) is 0 Å². The zero-order valence-corrected chi connectivity index (χ0v) is 11.9. The first-order chi connectivity index (χ1) is 9.44. The third kappa shape index (κ3) is 2.01. The van der Waals surface area contributed by atoms with Gasteiger partial charge in [0.1, 0.15) is 5.41 Å². The lowest BCUT2D eigenvalue weighted by Crippen LogP contribution is -2.63. The number of hydrogen-bond acceptors (Lipinski definition) is 5. The zero-order valence-electron chi connectivity index (χ0n) is 11.9. The Morgan fingerprint density at radius 1 is 1.20 bits per heavy atom. The second kappa shape index (κ2) is 4.53. The molecule has 20 heavy (non-hydrogen) atoms. The van der Waals surface area contributed by atoms with Crippen LogP contribution in [0.2, 0.25) is 0 Å². The molecule has 110 valence electrons. The van der Waals surface area contributed by atoms with Gasteiger partial charge in [-0.2, -0.15) is 0 Å². The molecule has 7 heteroatoms. The average molecular weight is 280 g/mol. The fraction of sp³-hybridized carbons (Fsp3) is 0.769. The highest BCUT2D eigenvalue weighted by molar-refractivity contribution is 6.20. The molecule has 1 spiro atoms. The lowest BCUT2D eigenvalue weighted by molar-refractivity contribution is -0.145. The van der Waals surface area contributed by atoms with Crippen LogP contribution in [0, 0.1) is 5.41 Å². The summed E-state index contributed by atoms with van der Waals surface area (Å²) in [6, 6.07) is -0.452. The van der Waals surface area contributed by atoms with E-state index in [1.807, 2.05) is 14.1 Å². The molecule has 2 aliphatic heterocycles. The molecule has 1 saturated carbocycles. The number of carbonyl (C=O) groups excluding carboxylic acids is 3. The number of nitrogens with one attached hydrogen (secondary N) is 1. The molecule has 0 aromatic rings. The predicted octanol–water partition coefficient (Wildman–Crippen LogP) is -0.909. The van der Waals surface area contributed by atoms with Crippen LogP contribution in [0.25, 0.3) is 0 Å². The quantitative estimate of drug-likeness (QED) is 0.663. The molecule has 0 aromatic carbocycles. The van der Waals surface area contributed by atoms with Crippen molar-refractivity contribution in [2.24, 2.45) is 5.41 Å². The maximum atomic E-state index is 12.4. The standard InChI is InChI=1S/C13H20N4O3/c1-15-5-6-16(2)9(7-15)8-17-11(19)13(3-4-13)10(18)14-12(17)20/h9H,3-8H2,1-2H3,(H,14,18,20). The molecule has 1 unspecified atom stereocenters. The van der Waals surface area contributed by atoms with Gasteiger partial charge in [0.15, 0.2) is 0 Å². The van der Waals surface area contributed by atoms with Gasteiger partial charge in [0, 0.05) is 32.2 Å². The summed E-state index contributed by atoms with van der Waals surface area (Å²) in [4.78, 5) is 41.7. The van der Waals surface area contributed by atoms with Crippen LogP contribution in [0.5, 0.6) is 0 Å². The number of carbonyl (C=O) groups is 3. The minimum atomic E-state index is -0.937. The van der Waals surface area contributed by atoms with E-state index < -0.39 is 17.4 Å². The molecule has 0 radical (unpaired) electrons. The van der Waals surface area contributed by atoms with E-state index in [1.165, 1.54) is 4.90 Å². The van der Waals surface area contributed by atoms with Crippen LogP contribution < -0.4 is 5.32 Å². The van der Waals surface area contributed by atoms with Crippen LogP contribution in [0.4, 0.5) is 4.79 Å². The molecule has 0 bridgehead atoms. The lowest BCUT2D eigenvalue weighted by atomic mass is 10.0. The van der Waals surface area contributed by atoms with Gasteiger partial charge in [0.2, 0.25) is 11.8 Å². The van der Waals surface area contributed by atoms with Crippen molar-refractivity contribution >= 4 is 17.8 Å². The SMILES string of the molecule is CN1CCN(C)C(CN2C(=O)NC(=O)C3(CC3)C2=O)C1. The Bertz CT molecular complexity index is 474. The van der Waals surface area contributed by atoms with E-state index >= 15 is 0 Å². The minimum Gasteiger partial charge on any atom is -0.303 e. The van der Waals surface area contributed by atoms with Crippen molar-refractivity contribution < 1.29 is 14.4 Å². The van der Waals surface area contributed by atoms with Gasteiger partial charge < -0.3 is 4.90 Å². The average Bonchev–Trinajstić information content (AvgIpc) is 3.18. The predicted molar refractivity (Wildman–Crippen MR) is 70.8 cm³/mol. The van der Waals surface area contributed by atoms with Gasteiger partial charge in [-0.1, -0.05) is 0 Å². The van der Waals surface area contributed by atoms with Crippen molar-refractivity contribution in [3.8, 4) is 0 Å². The van der Waals surface area contributed by atoms with Gasteiger partial charge in [-0.05, 0) is 26.9 Å². The summed E-state index contributed by atoms with van der Waals surface area (Å²) in [5, 5.41) is 2.32. The summed E-state index contributed by atoms with van der Waals surface area (Å²) >= 11 is 0. The smallest absolute Gasteiger partial charge is 0.303 e. The Labute approximate surface area is 117 Å². The summed E-state index contributed by atoms with van der Waals surface area (Å²) in [5.74, 6) is -0.731. The van der Waals surface area contributed by atoms with Crippen LogP contribution in [-0.2, 0) is 9.59 Å².